The lowest BCUT2D eigenvalue weighted by Crippen LogP contribution is -2.37. The van der Waals surface area contributed by atoms with Crippen molar-refractivity contribution in [2.45, 2.75) is 173 Å². The predicted molar refractivity (Wildman–Crippen MR) is 242 cm³/mol. The van der Waals surface area contributed by atoms with Gasteiger partial charge in [0.25, 0.3) is 0 Å². The molecule has 0 aromatic rings. The summed E-state index contributed by atoms with van der Waals surface area (Å²) in [6, 6.07) is 0. The third-order valence-electron chi connectivity index (χ3n) is 9.74. The van der Waals surface area contributed by atoms with Gasteiger partial charge >= 0.3 is 13.8 Å². The fourth-order valence-corrected chi connectivity index (χ4v) is 6.79. The molecule has 0 spiro atoms. The maximum atomic E-state index is 12.7. The molecular formula is C48H85NO8P+. The summed E-state index contributed by atoms with van der Waals surface area (Å²) in [5.41, 5.74) is 0. The second-order valence-corrected chi connectivity index (χ2v) is 17.9. The molecule has 4 unspecified atom stereocenters. The summed E-state index contributed by atoms with van der Waals surface area (Å²) >= 11 is 0. The van der Waals surface area contributed by atoms with Crippen LogP contribution in [0.1, 0.15) is 155 Å². The van der Waals surface area contributed by atoms with Crippen molar-refractivity contribution in [1.82, 2.24) is 0 Å². The van der Waals surface area contributed by atoms with Gasteiger partial charge in [-0.3, -0.25) is 13.8 Å². The van der Waals surface area contributed by atoms with E-state index in [4.69, 9.17) is 23.3 Å². The van der Waals surface area contributed by atoms with E-state index >= 15 is 0 Å². The smallest absolute Gasteiger partial charge is 0.457 e. The maximum absolute atomic E-state index is 12.7. The Morgan fingerprint density at radius 3 is 1.71 bits per heavy atom. The Balaban J connectivity index is 2.26. The molecule has 9 nitrogen and oxygen atoms in total. The number of phosphoric ester groups is 1. The number of likely N-dealkylation sites (N-methyl/N-ethyl adjacent to an activating group) is 1. The largest absolute Gasteiger partial charge is 0.472 e. The Kier molecular flexibility index (Phi) is 34.1. The minimum Gasteiger partial charge on any atom is -0.457 e. The van der Waals surface area contributed by atoms with Crippen molar-refractivity contribution in [3.05, 3.63) is 72.9 Å². The molecule has 1 fully saturated rings. The molecule has 1 aliphatic heterocycles. The number of phosphoric acid groups is 1. The van der Waals surface area contributed by atoms with E-state index in [-0.39, 0.29) is 26.2 Å². The zero-order valence-electron chi connectivity index (χ0n) is 37.5. The summed E-state index contributed by atoms with van der Waals surface area (Å²) in [7, 11) is 1.60. The summed E-state index contributed by atoms with van der Waals surface area (Å²) in [4.78, 5) is 22.9. The standard InChI is InChI=1S/C48H84NO8P/c1-6-8-9-10-11-12-13-14-15-19-22-25-28-31-34-37-41-53-43-45(44-55-58(51,52)54-42-40-49(3,4)5)56-48(50)39-36-33-30-27-24-21-18-16-17-20-23-26-29-32-35-38-47-46(7-2)57-47/h14-17,21,23-24,26,30,32-33,35,45-47H,6-13,18-20,22,25,27-29,31,34,36-44H2,1-5H3/p+1/b15-14-,17-16+,24-21+,26-23+,33-30+,35-32+. The molecule has 334 valence electrons. The highest BCUT2D eigenvalue weighted by Gasteiger charge is 2.35. The van der Waals surface area contributed by atoms with Crippen LogP contribution in [0.5, 0.6) is 0 Å². The van der Waals surface area contributed by atoms with Crippen molar-refractivity contribution in [1.29, 1.82) is 0 Å². The number of quaternary nitrogens is 1. The lowest BCUT2D eigenvalue weighted by molar-refractivity contribution is -0.870. The Labute approximate surface area is 355 Å². The number of allylic oxidation sites excluding steroid dienone is 11. The fourth-order valence-electron chi connectivity index (χ4n) is 6.05. The first-order valence-electron chi connectivity index (χ1n) is 22.8. The molecule has 4 atom stereocenters. The van der Waals surface area contributed by atoms with Gasteiger partial charge in [0.05, 0.1) is 46.6 Å². The molecule has 0 aromatic carbocycles. The molecule has 0 amide bonds. The lowest BCUT2D eigenvalue weighted by atomic mass is 10.1. The van der Waals surface area contributed by atoms with Crippen molar-refractivity contribution in [2.75, 3.05) is 54.1 Å². The van der Waals surface area contributed by atoms with E-state index < -0.39 is 19.9 Å². The number of epoxide rings is 1. The molecule has 1 aliphatic rings. The van der Waals surface area contributed by atoms with Gasteiger partial charge in [0, 0.05) is 13.0 Å². The highest BCUT2D eigenvalue weighted by molar-refractivity contribution is 7.47. The van der Waals surface area contributed by atoms with Crippen LogP contribution in [0.2, 0.25) is 0 Å². The van der Waals surface area contributed by atoms with Crippen LogP contribution in [0.4, 0.5) is 0 Å². The van der Waals surface area contributed by atoms with Gasteiger partial charge in [0.1, 0.15) is 19.3 Å². The Hall–Kier alpha value is -2.10. The molecule has 0 aliphatic carbocycles. The molecule has 1 rings (SSSR count). The van der Waals surface area contributed by atoms with Crippen molar-refractivity contribution in [3.63, 3.8) is 0 Å². The van der Waals surface area contributed by atoms with E-state index in [1.165, 1.54) is 77.0 Å². The number of esters is 1. The van der Waals surface area contributed by atoms with Crippen LogP contribution in [0.15, 0.2) is 72.9 Å². The summed E-state index contributed by atoms with van der Waals surface area (Å²) < 4.78 is 40.5. The van der Waals surface area contributed by atoms with Gasteiger partial charge in [0.2, 0.25) is 0 Å². The van der Waals surface area contributed by atoms with Crippen LogP contribution in [0, 0.1) is 0 Å². The van der Waals surface area contributed by atoms with E-state index in [0.717, 1.165) is 51.4 Å². The number of rotatable bonds is 40. The summed E-state index contributed by atoms with van der Waals surface area (Å²) in [5, 5.41) is 0. The molecule has 0 radical (unpaired) electrons. The van der Waals surface area contributed by atoms with Gasteiger partial charge in [0.15, 0.2) is 0 Å². The first-order chi connectivity index (χ1) is 28.1. The SMILES string of the molecule is CCCCCCCC/C=C\CCCCCCCCOCC(COP(=O)(O)OCC[N+](C)(C)C)OC(=O)CC/C=C/C/C=C/C/C=C/C/C=C/C/C=C/CC1OC1CC. The Morgan fingerprint density at radius 2 is 1.16 bits per heavy atom. The van der Waals surface area contributed by atoms with E-state index in [1.54, 1.807) is 0 Å². The molecule has 1 heterocycles. The average Bonchev–Trinajstić information content (AvgIpc) is 3.95. The second kappa shape index (κ2) is 36.7. The molecule has 0 bridgehead atoms. The fraction of sp³-hybridized carbons (Fsp3) is 0.729. The third-order valence-corrected chi connectivity index (χ3v) is 10.7. The van der Waals surface area contributed by atoms with Gasteiger partial charge in [-0.2, -0.15) is 0 Å². The van der Waals surface area contributed by atoms with Crippen LogP contribution in [0.25, 0.3) is 0 Å². The van der Waals surface area contributed by atoms with E-state index in [2.05, 4.69) is 74.6 Å². The number of hydrogen-bond donors (Lipinski definition) is 1. The van der Waals surface area contributed by atoms with Crippen LogP contribution < -0.4 is 0 Å². The van der Waals surface area contributed by atoms with Gasteiger partial charge < -0.3 is 23.6 Å². The van der Waals surface area contributed by atoms with Gasteiger partial charge in [-0.05, 0) is 77.0 Å². The topological polar surface area (TPSA) is 104 Å². The zero-order valence-corrected chi connectivity index (χ0v) is 38.3. The van der Waals surface area contributed by atoms with Gasteiger partial charge in [-0.15, -0.1) is 0 Å². The Morgan fingerprint density at radius 1 is 0.638 bits per heavy atom. The summed E-state index contributed by atoms with van der Waals surface area (Å²) in [6.45, 7) is 5.38. The number of carbonyl (C=O) groups excluding carboxylic acids is 1. The van der Waals surface area contributed by atoms with Crippen LogP contribution >= 0.6 is 7.82 Å². The quantitative estimate of drug-likeness (QED) is 0.0163. The van der Waals surface area contributed by atoms with Crippen molar-refractivity contribution >= 4 is 13.8 Å². The van der Waals surface area contributed by atoms with Gasteiger partial charge in [-0.1, -0.05) is 145 Å². The summed E-state index contributed by atoms with van der Waals surface area (Å²) in [5.74, 6) is -0.401. The monoisotopic (exact) mass is 835 g/mol. The molecule has 0 aromatic heterocycles. The minimum absolute atomic E-state index is 0.0687. The van der Waals surface area contributed by atoms with Crippen LogP contribution in [-0.2, 0) is 32.6 Å². The highest BCUT2D eigenvalue weighted by atomic mass is 31.2. The second-order valence-electron chi connectivity index (χ2n) is 16.4. The van der Waals surface area contributed by atoms with E-state index in [1.807, 2.05) is 33.3 Å². The maximum Gasteiger partial charge on any atom is 0.472 e. The van der Waals surface area contributed by atoms with Crippen molar-refractivity contribution < 1.29 is 42.0 Å². The van der Waals surface area contributed by atoms with Crippen molar-refractivity contribution in [2.24, 2.45) is 0 Å². The van der Waals surface area contributed by atoms with Crippen LogP contribution in [0.3, 0.4) is 0 Å². The number of nitrogens with zero attached hydrogens (tertiary/aromatic N) is 1. The Bertz CT molecular complexity index is 1220. The van der Waals surface area contributed by atoms with Gasteiger partial charge in [-0.25, -0.2) is 4.57 Å². The predicted octanol–water partition coefficient (Wildman–Crippen LogP) is 12.5. The molecule has 1 saturated heterocycles. The first-order valence-corrected chi connectivity index (χ1v) is 24.3. The minimum atomic E-state index is -4.30. The van der Waals surface area contributed by atoms with Crippen LogP contribution in [-0.4, -0.2) is 87.8 Å². The first kappa shape index (κ1) is 53.9. The van der Waals surface area contributed by atoms with Crippen molar-refractivity contribution in [3.8, 4) is 0 Å². The molecular weight excluding hydrogens is 750 g/mol. The van der Waals surface area contributed by atoms with E-state index in [9.17, 15) is 14.3 Å². The highest BCUT2D eigenvalue weighted by Crippen LogP contribution is 2.43. The summed E-state index contributed by atoms with van der Waals surface area (Å²) in [6.07, 6.45) is 50.0. The normalized spacial score (nSPS) is 17.9. The number of ether oxygens (including phenoxy) is 3. The zero-order chi connectivity index (χ0) is 42.4. The molecule has 1 N–H and O–H groups in total. The third kappa shape index (κ3) is 36.9. The number of hydrogen-bond acceptors (Lipinski definition) is 7. The average molecular weight is 835 g/mol. The number of carbonyl (C=O) groups is 1. The molecule has 58 heavy (non-hydrogen) atoms. The van der Waals surface area contributed by atoms with E-state index in [0.29, 0.717) is 36.3 Å². The molecule has 0 saturated carbocycles. The lowest BCUT2D eigenvalue weighted by Gasteiger charge is -2.24. The number of unbranched alkanes of at least 4 members (excludes halogenated alkanes) is 12. The molecule has 10 heteroatoms.